The lowest BCUT2D eigenvalue weighted by atomic mass is 10.1. The quantitative estimate of drug-likeness (QED) is 0.580. The Morgan fingerprint density at radius 2 is 1.65 bits per heavy atom. The van der Waals surface area contributed by atoms with Crippen molar-refractivity contribution in [1.29, 1.82) is 0 Å². The van der Waals surface area contributed by atoms with Crippen LogP contribution in [0.25, 0.3) is 0 Å². The molecular weight excluding hydrogens is 434 g/mol. The normalized spacial score (nSPS) is 17.9. The largest absolute Gasteiger partial charge is 0.494 e. The van der Waals surface area contributed by atoms with Crippen molar-refractivity contribution < 1.29 is 19.1 Å². The van der Waals surface area contributed by atoms with Crippen molar-refractivity contribution in [3.05, 3.63) is 77.1 Å². The maximum absolute atomic E-state index is 13.2. The average Bonchev–Trinajstić information content (AvgIpc) is 3.32. The summed E-state index contributed by atoms with van der Waals surface area (Å²) < 4.78 is 13.2. The standard InChI is InChI=1S/C25H27N5O4/c1-2-33-20-10-8-19(9-11-20)24(31)28-12-14-29(15-13-28)25(32)23-21-17-34-22(16-30(21)27-26-23)18-6-4-3-5-7-18/h3-11,22H,2,12-17H2,1H3. The van der Waals surface area contributed by atoms with Gasteiger partial charge in [0, 0.05) is 31.7 Å². The van der Waals surface area contributed by atoms with E-state index in [1.807, 2.05) is 37.3 Å². The SMILES string of the molecule is CCOc1ccc(C(=O)N2CCN(C(=O)c3nnn4c3COC(c3ccccc3)C4)CC2)cc1. The Morgan fingerprint density at radius 3 is 2.32 bits per heavy atom. The van der Waals surface area contributed by atoms with Gasteiger partial charge in [0.25, 0.3) is 11.8 Å². The molecule has 2 aliphatic heterocycles. The molecule has 1 saturated heterocycles. The molecule has 2 aliphatic rings. The number of aromatic nitrogens is 3. The highest BCUT2D eigenvalue weighted by Crippen LogP contribution is 2.27. The Hall–Kier alpha value is -3.72. The monoisotopic (exact) mass is 461 g/mol. The summed E-state index contributed by atoms with van der Waals surface area (Å²) >= 11 is 0. The van der Waals surface area contributed by atoms with Crippen LogP contribution in [-0.4, -0.2) is 69.4 Å². The number of fused-ring (bicyclic) bond motifs is 1. The lowest BCUT2D eigenvalue weighted by Gasteiger charge is -2.34. The van der Waals surface area contributed by atoms with Crippen LogP contribution in [0.3, 0.4) is 0 Å². The molecule has 0 radical (unpaired) electrons. The minimum atomic E-state index is -0.170. The number of benzene rings is 2. The lowest BCUT2D eigenvalue weighted by molar-refractivity contribution is -0.00202. The highest BCUT2D eigenvalue weighted by molar-refractivity contribution is 5.95. The topological polar surface area (TPSA) is 89.8 Å². The zero-order valence-electron chi connectivity index (χ0n) is 19.1. The van der Waals surface area contributed by atoms with E-state index in [-0.39, 0.29) is 24.5 Å². The molecule has 9 heteroatoms. The Balaban J connectivity index is 1.20. The molecule has 3 aromatic rings. The van der Waals surface area contributed by atoms with Gasteiger partial charge in [0.15, 0.2) is 5.69 Å². The number of hydrogen-bond acceptors (Lipinski definition) is 6. The van der Waals surface area contributed by atoms with Crippen molar-refractivity contribution in [3.63, 3.8) is 0 Å². The van der Waals surface area contributed by atoms with Gasteiger partial charge in [-0.15, -0.1) is 5.10 Å². The summed E-state index contributed by atoms with van der Waals surface area (Å²) in [6.07, 6.45) is -0.115. The van der Waals surface area contributed by atoms with Gasteiger partial charge in [0.05, 0.1) is 25.5 Å². The molecule has 1 fully saturated rings. The number of carbonyl (C=O) groups excluding carboxylic acids is 2. The van der Waals surface area contributed by atoms with Crippen LogP contribution in [0, 0.1) is 0 Å². The van der Waals surface area contributed by atoms with Crippen molar-refractivity contribution in [2.45, 2.75) is 26.2 Å². The molecule has 0 spiro atoms. The fourth-order valence-corrected chi connectivity index (χ4v) is 4.35. The summed E-state index contributed by atoms with van der Waals surface area (Å²) in [6, 6.07) is 17.1. The van der Waals surface area contributed by atoms with Crippen LogP contribution in [0.2, 0.25) is 0 Å². The van der Waals surface area contributed by atoms with Crippen molar-refractivity contribution >= 4 is 11.8 Å². The van der Waals surface area contributed by atoms with Gasteiger partial charge in [-0.05, 0) is 36.8 Å². The smallest absolute Gasteiger partial charge is 0.276 e. The highest BCUT2D eigenvalue weighted by atomic mass is 16.5. The summed E-state index contributed by atoms with van der Waals surface area (Å²) in [4.78, 5) is 29.5. The fourth-order valence-electron chi connectivity index (χ4n) is 4.35. The van der Waals surface area contributed by atoms with Crippen LogP contribution in [0.5, 0.6) is 5.75 Å². The minimum Gasteiger partial charge on any atom is -0.494 e. The van der Waals surface area contributed by atoms with E-state index in [1.54, 1.807) is 38.7 Å². The lowest BCUT2D eigenvalue weighted by Crippen LogP contribution is -2.50. The summed E-state index contributed by atoms with van der Waals surface area (Å²) in [6.45, 7) is 5.13. The van der Waals surface area contributed by atoms with Gasteiger partial charge in [-0.25, -0.2) is 4.68 Å². The summed E-state index contributed by atoms with van der Waals surface area (Å²) in [5.74, 6) is 0.526. The minimum absolute atomic E-state index is 0.0449. The third kappa shape index (κ3) is 4.38. The molecular formula is C25H27N5O4. The van der Waals surface area contributed by atoms with Crippen LogP contribution in [0.4, 0.5) is 0 Å². The molecule has 34 heavy (non-hydrogen) atoms. The van der Waals surface area contributed by atoms with E-state index >= 15 is 0 Å². The van der Waals surface area contributed by atoms with E-state index in [1.165, 1.54) is 0 Å². The Morgan fingerprint density at radius 1 is 0.971 bits per heavy atom. The first-order valence-corrected chi connectivity index (χ1v) is 11.5. The second-order valence-electron chi connectivity index (χ2n) is 8.32. The van der Waals surface area contributed by atoms with Gasteiger partial charge in [-0.2, -0.15) is 0 Å². The molecule has 0 saturated carbocycles. The second kappa shape index (κ2) is 9.64. The maximum atomic E-state index is 13.2. The first kappa shape index (κ1) is 22.1. The van der Waals surface area contributed by atoms with Gasteiger partial charge in [0.2, 0.25) is 0 Å². The zero-order chi connectivity index (χ0) is 23.5. The van der Waals surface area contributed by atoms with Crippen molar-refractivity contribution in [2.75, 3.05) is 32.8 Å². The van der Waals surface area contributed by atoms with Crippen LogP contribution >= 0.6 is 0 Å². The first-order valence-electron chi connectivity index (χ1n) is 11.5. The molecule has 1 aromatic heterocycles. The van der Waals surface area contributed by atoms with E-state index in [2.05, 4.69) is 10.3 Å². The van der Waals surface area contributed by atoms with Crippen LogP contribution in [0.15, 0.2) is 54.6 Å². The number of amides is 2. The van der Waals surface area contributed by atoms with E-state index in [9.17, 15) is 9.59 Å². The van der Waals surface area contributed by atoms with E-state index in [4.69, 9.17) is 9.47 Å². The summed E-state index contributed by atoms with van der Waals surface area (Å²) in [5.41, 5.74) is 2.72. The number of hydrogen-bond donors (Lipinski definition) is 0. The number of ether oxygens (including phenoxy) is 2. The van der Waals surface area contributed by atoms with Gasteiger partial charge in [-0.1, -0.05) is 35.5 Å². The summed E-state index contributed by atoms with van der Waals surface area (Å²) in [7, 11) is 0. The number of carbonyl (C=O) groups is 2. The fraction of sp³-hybridized carbons (Fsp3) is 0.360. The van der Waals surface area contributed by atoms with E-state index in [0.717, 1.165) is 11.3 Å². The number of rotatable bonds is 5. The van der Waals surface area contributed by atoms with E-state index < -0.39 is 0 Å². The zero-order valence-corrected chi connectivity index (χ0v) is 19.1. The second-order valence-corrected chi connectivity index (χ2v) is 8.32. The van der Waals surface area contributed by atoms with Crippen molar-refractivity contribution in [3.8, 4) is 5.75 Å². The molecule has 0 bridgehead atoms. The third-order valence-corrected chi connectivity index (χ3v) is 6.24. The van der Waals surface area contributed by atoms with Crippen LogP contribution in [0.1, 0.15) is 45.1 Å². The van der Waals surface area contributed by atoms with Gasteiger partial charge in [-0.3, -0.25) is 9.59 Å². The number of piperazine rings is 1. The number of nitrogens with zero attached hydrogens (tertiary/aromatic N) is 5. The molecule has 3 heterocycles. The Kier molecular flexibility index (Phi) is 6.27. The maximum Gasteiger partial charge on any atom is 0.276 e. The molecule has 5 rings (SSSR count). The Bertz CT molecular complexity index is 1150. The Labute approximate surface area is 197 Å². The molecule has 176 valence electrons. The third-order valence-electron chi connectivity index (χ3n) is 6.24. The van der Waals surface area contributed by atoms with Gasteiger partial charge >= 0.3 is 0 Å². The predicted molar refractivity (Wildman–Crippen MR) is 123 cm³/mol. The van der Waals surface area contributed by atoms with E-state index in [0.29, 0.717) is 56.3 Å². The molecule has 1 unspecified atom stereocenters. The van der Waals surface area contributed by atoms with Gasteiger partial charge in [0.1, 0.15) is 11.9 Å². The van der Waals surface area contributed by atoms with Crippen LogP contribution in [-0.2, 0) is 17.9 Å². The van der Waals surface area contributed by atoms with Gasteiger partial charge < -0.3 is 19.3 Å². The molecule has 2 aromatic carbocycles. The predicted octanol–water partition coefficient (Wildman–Crippen LogP) is 2.55. The molecule has 0 N–H and O–H groups in total. The highest BCUT2D eigenvalue weighted by Gasteiger charge is 2.32. The van der Waals surface area contributed by atoms with Crippen LogP contribution < -0.4 is 4.74 Å². The molecule has 0 aliphatic carbocycles. The summed E-state index contributed by atoms with van der Waals surface area (Å²) in [5, 5.41) is 8.39. The first-order chi connectivity index (χ1) is 16.6. The van der Waals surface area contributed by atoms with Crippen molar-refractivity contribution in [2.24, 2.45) is 0 Å². The average molecular weight is 462 g/mol. The molecule has 2 amide bonds. The molecule has 1 atom stereocenters. The molecule has 9 nitrogen and oxygen atoms in total. The van der Waals surface area contributed by atoms with Crippen molar-refractivity contribution in [1.82, 2.24) is 24.8 Å².